The lowest BCUT2D eigenvalue weighted by Gasteiger charge is -2.32. The van der Waals surface area contributed by atoms with Crippen LogP contribution < -0.4 is 10.5 Å². The van der Waals surface area contributed by atoms with Crippen LogP contribution in [0.25, 0.3) is 0 Å². The van der Waals surface area contributed by atoms with Crippen molar-refractivity contribution in [1.29, 1.82) is 0 Å². The Morgan fingerprint density at radius 1 is 1.33 bits per heavy atom. The second-order valence-electron chi connectivity index (χ2n) is 6.02. The molecule has 116 valence electrons. The summed E-state index contributed by atoms with van der Waals surface area (Å²) in [7, 11) is 3.54. The maximum atomic E-state index is 12.6. The van der Waals surface area contributed by atoms with E-state index in [0.29, 0.717) is 0 Å². The van der Waals surface area contributed by atoms with Gasteiger partial charge in [0.25, 0.3) is 0 Å². The molecule has 0 bridgehead atoms. The zero-order chi connectivity index (χ0) is 15.4. The lowest BCUT2D eigenvalue weighted by Crippen LogP contribution is -2.39. The SMILES string of the molecule is COc1ccc(C(C)N(C)C(=O)C2CCCC(N)C2)cc1. The highest BCUT2D eigenvalue weighted by atomic mass is 16.5. The van der Waals surface area contributed by atoms with Crippen molar-refractivity contribution < 1.29 is 9.53 Å². The van der Waals surface area contributed by atoms with Gasteiger partial charge in [0.2, 0.25) is 5.91 Å². The fourth-order valence-corrected chi connectivity index (χ4v) is 3.04. The van der Waals surface area contributed by atoms with E-state index in [2.05, 4.69) is 6.92 Å². The summed E-state index contributed by atoms with van der Waals surface area (Å²) in [5.41, 5.74) is 7.11. The van der Waals surface area contributed by atoms with Crippen molar-refractivity contribution >= 4 is 5.91 Å². The van der Waals surface area contributed by atoms with Gasteiger partial charge in [-0.05, 0) is 43.9 Å². The maximum absolute atomic E-state index is 12.6. The van der Waals surface area contributed by atoms with Gasteiger partial charge in [0, 0.05) is 19.0 Å². The average Bonchev–Trinajstić information content (AvgIpc) is 2.53. The topological polar surface area (TPSA) is 55.6 Å². The Kier molecular flexibility index (Phi) is 5.23. The van der Waals surface area contributed by atoms with Crippen LogP contribution in [0.15, 0.2) is 24.3 Å². The molecule has 0 saturated heterocycles. The molecule has 4 heteroatoms. The number of rotatable bonds is 4. The van der Waals surface area contributed by atoms with E-state index >= 15 is 0 Å². The molecular weight excluding hydrogens is 264 g/mol. The highest BCUT2D eigenvalue weighted by Crippen LogP contribution is 2.28. The summed E-state index contributed by atoms with van der Waals surface area (Å²) in [5, 5.41) is 0. The van der Waals surface area contributed by atoms with E-state index < -0.39 is 0 Å². The quantitative estimate of drug-likeness (QED) is 0.927. The molecule has 3 atom stereocenters. The summed E-state index contributed by atoms with van der Waals surface area (Å²) in [6.07, 6.45) is 3.88. The van der Waals surface area contributed by atoms with Crippen molar-refractivity contribution in [3.05, 3.63) is 29.8 Å². The van der Waals surface area contributed by atoms with Crippen LogP contribution in [0, 0.1) is 5.92 Å². The average molecular weight is 290 g/mol. The number of carbonyl (C=O) groups is 1. The van der Waals surface area contributed by atoms with Gasteiger partial charge in [-0.1, -0.05) is 18.6 Å². The maximum Gasteiger partial charge on any atom is 0.225 e. The Balaban J connectivity index is 2.03. The van der Waals surface area contributed by atoms with E-state index in [1.54, 1.807) is 7.11 Å². The molecule has 1 amide bonds. The summed E-state index contributed by atoms with van der Waals surface area (Å²) in [5.74, 6) is 1.13. The Bertz CT molecular complexity index is 472. The molecule has 1 aliphatic rings. The van der Waals surface area contributed by atoms with Crippen molar-refractivity contribution in [2.24, 2.45) is 11.7 Å². The van der Waals surface area contributed by atoms with E-state index in [9.17, 15) is 4.79 Å². The highest BCUT2D eigenvalue weighted by Gasteiger charge is 2.29. The van der Waals surface area contributed by atoms with Crippen molar-refractivity contribution in [3.8, 4) is 5.75 Å². The number of nitrogens with two attached hydrogens (primary N) is 1. The summed E-state index contributed by atoms with van der Waals surface area (Å²) in [6.45, 7) is 2.06. The summed E-state index contributed by atoms with van der Waals surface area (Å²) < 4.78 is 5.17. The molecule has 4 nitrogen and oxygen atoms in total. The third-order valence-electron chi connectivity index (χ3n) is 4.59. The van der Waals surface area contributed by atoms with Crippen molar-refractivity contribution in [2.75, 3.05) is 14.2 Å². The Hall–Kier alpha value is -1.55. The van der Waals surface area contributed by atoms with Crippen LogP contribution in [0.3, 0.4) is 0 Å². The van der Waals surface area contributed by atoms with Crippen LogP contribution in [0.5, 0.6) is 5.75 Å². The van der Waals surface area contributed by atoms with Crippen LogP contribution in [0.1, 0.15) is 44.2 Å². The van der Waals surface area contributed by atoms with Crippen molar-refractivity contribution in [1.82, 2.24) is 4.90 Å². The standard InChI is InChI=1S/C17H26N2O2/c1-12(13-7-9-16(21-3)10-8-13)19(2)17(20)14-5-4-6-15(18)11-14/h7-10,12,14-15H,4-6,11,18H2,1-3H3. The van der Waals surface area contributed by atoms with E-state index in [1.807, 2.05) is 36.2 Å². The molecule has 1 fully saturated rings. The van der Waals surface area contributed by atoms with E-state index in [1.165, 1.54) is 0 Å². The lowest BCUT2D eigenvalue weighted by atomic mass is 9.85. The predicted molar refractivity (Wildman–Crippen MR) is 84.1 cm³/mol. The second kappa shape index (κ2) is 6.94. The molecule has 1 saturated carbocycles. The smallest absolute Gasteiger partial charge is 0.225 e. The van der Waals surface area contributed by atoms with Crippen LogP contribution in [-0.2, 0) is 4.79 Å². The predicted octanol–water partition coefficient (Wildman–Crippen LogP) is 2.73. The van der Waals surface area contributed by atoms with Gasteiger partial charge in [0.05, 0.1) is 13.2 Å². The molecule has 1 aromatic rings. The molecule has 21 heavy (non-hydrogen) atoms. The molecule has 2 N–H and O–H groups in total. The summed E-state index contributed by atoms with van der Waals surface area (Å²) >= 11 is 0. The first-order valence-corrected chi connectivity index (χ1v) is 7.69. The number of hydrogen-bond donors (Lipinski definition) is 1. The molecule has 0 spiro atoms. The van der Waals surface area contributed by atoms with E-state index in [0.717, 1.165) is 37.0 Å². The van der Waals surface area contributed by atoms with Gasteiger partial charge >= 0.3 is 0 Å². The van der Waals surface area contributed by atoms with Crippen LogP contribution in [-0.4, -0.2) is 31.0 Å². The molecule has 0 radical (unpaired) electrons. The first kappa shape index (κ1) is 15.8. The number of amides is 1. The molecule has 1 aliphatic carbocycles. The fourth-order valence-electron chi connectivity index (χ4n) is 3.04. The zero-order valence-corrected chi connectivity index (χ0v) is 13.2. The summed E-state index contributed by atoms with van der Waals surface area (Å²) in [6, 6.07) is 8.13. The Morgan fingerprint density at radius 2 is 2.00 bits per heavy atom. The molecule has 3 unspecified atom stereocenters. The van der Waals surface area contributed by atoms with Gasteiger partial charge in [0.1, 0.15) is 5.75 Å². The van der Waals surface area contributed by atoms with Crippen LogP contribution in [0.2, 0.25) is 0 Å². The number of nitrogens with zero attached hydrogens (tertiary/aromatic N) is 1. The van der Waals surface area contributed by atoms with Crippen LogP contribution in [0.4, 0.5) is 0 Å². The molecule has 0 heterocycles. The zero-order valence-electron chi connectivity index (χ0n) is 13.2. The van der Waals surface area contributed by atoms with Gasteiger partial charge in [-0.15, -0.1) is 0 Å². The van der Waals surface area contributed by atoms with Gasteiger partial charge in [0.15, 0.2) is 0 Å². The van der Waals surface area contributed by atoms with Crippen LogP contribution >= 0.6 is 0 Å². The Labute approximate surface area is 127 Å². The van der Waals surface area contributed by atoms with E-state index in [4.69, 9.17) is 10.5 Å². The Morgan fingerprint density at radius 3 is 2.57 bits per heavy atom. The number of methoxy groups -OCH3 is 1. The minimum Gasteiger partial charge on any atom is -0.497 e. The van der Waals surface area contributed by atoms with E-state index in [-0.39, 0.29) is 23.9 Å². The number of carbonyl (C=O) groups excluding carboxylic acids is 1. The number of benzene rings is 1. The molecule has 0 aromatic heterocycles. The summed E-state index contributed by atoms with van der Waals surface area (Å²) in [4.78, 5) is 14.5. The normalized spacial score (nSPS) is 23.4. The van der Waals surface area contributed by atoms with Gasteiger partial charge < -0.3 is 15.4 Å². The molecule has 2 rings (SSSR count). The number of ether oxygens (including phenoxy) is 1. The largest absolute Gasteiger partial charge is 0.497 e. The monoisotopic (exact) mass is 290 g/mol. The first-order valence-electron chi connectivity index (χ1n) is 7.69. The molecule has 0 aliphatic heterocycles. The van der Waals surface area contributed by atoms with Gasteiger partial charge in [-0.2, -0.15) is 0 Å². The minimum atomic E-state index is 0.0570. The first-order chi connectivity index (χ1) is 10.0. The van der Waals surface area contributed by atoms with Gasteiger partial charge in [-0.3, -0.25) is 4.79 Å². The molecule has 1 aromatic carbocycles. The minimum absolute atomic E-state index is 0.0570. The lowest BCUT2D eigenvalue weighted by molar-refractivity contribution is -0.137. The highest BCUT2D eigenvalue weighted by molar-refractivity contribution is 5.79. The third kappa shape index (κ3) is 3.76. The second-order valence-corrected chi connectivity index (χ2v) is 6.02. The van der Waals surface area contributed by atoms with Gasteiger partial charge in [-0.25, -0.2) is 0 Å². The number of hydrogen-bond acceptors (Lipinski definition) is 3. The van der Waals surface area contributed by atoms with Crippen molar-refractivity contribution in [3.63, 3.8) is 0 Å². The van der Waals surface area contributed by atoms with Crippen molar-refractivity contribution in [2.45, 2.75) is 44.7 Å². The third-order valence-corrected chi connectivity index (χ3v) is 4.59. The molecular formula is C17H26N2O2. The fraction of sp³-hybridized carbons (Fsp3) is 0.588.